The average molecular weight is 401 g/mol. The van der Waals surface area contributed by atoms with Crippen molar-refractivity contribution in [3.8, 4) is 0 Å². The standard InChI is InChI=1S/C22H28N2O3S/c1-16-13-14-17(15-20(16)28(26,27)24-19-11-7-8-12-19)21(25)23-22(2,3)18-9-5-4-6-10-18/h4-6,9-10,13-15,19,24H,7-8,11-12H2,1-3H3,(H,23,25). The van der Waals surface area contributed by atoms with Crippen molar-refractivity contribution < 1.29 is 13.2 Å². The van der Waals surface area contributed by atoms with Crippen molar-refractivity contribution in [2.24, 2.45) is 0 Å². The summed E-state index contributed by atoms with van der Waals surface area (Å²) in [6.07, 6.45) is 3.82. The minimum Gasteiger partial charge on any atom is -0.343 e. The molecule has 0 aromatic heterocycles. The summed E-state index contributed by atoms with van der Waals surface area (Å²) in [4.78, 5) is 13.0. The number of benzene rings is 2. The van der Waals surface area contributed by atoms with Gasteiger partial charge in [-0.25, -0.2) is 13.1 Å². The molecule has 5 nitrogen and oxygen atoms in total. The lowest BCUT2D eigenvalue weighted by Gasteiger charge is -2.27. The molecule has 1 amide bonds. The van der Waals surface area contributed by atoms with Gasteiger partial charge in [0.15, 0.2) is 0 Å². The normalized spacial score (nSPS) is 15.5. The first-order valence-corrected chi connectivity index (χ1v) is 11.2. The van der Waals surface area contributed by atoms with Gasteiger partial charge in [-0.05, 0) is 56.9 Å². The van der Waals surface area contributed by atoms with Crippen LogP contribution in [0.15, 0.2) is 53.4 Å². The summed E-state index contributed by atoms with van der Waals surface area (Å²) in [5.41, 5.74) is 1.36. The molecule has 28 heavy (non-hydrogen) atoms. The molecule has 1 saturated carbocycles. The summed E-state index contributed by atoms with van der Waals surface area (Å²) >= 11 is 0. The first-order chi connectivity index (χ1) is 13.2. The summed E-state index contributed by atoms with van der Waals surface area (Å²) < 4.78 is 28.5. The third-order valence-corrected chi connectivity index (χ3v) is 7.00. The molecule has 0 bridgehead atoms. The Morgan fingerprint density at radius 2 is 1.68 bits per heavy atom. The molecule has 0 atom stereocenters. The van der Waals surface area contributed by atoms with Crippen LogP contribution in [-0.2, 0) is 15.6 Å². The Hall–Kier alpha value is -2.18. The van der Waals surface area contributed by atoms with Crippen LogP contribution in [0, 0.1) is 6.92 Å². The number of amides is 1. The highest BCUT2D eigenvalue weighted by Gasteiger charge is 2.27. The van der Waals surface area contributed by atoms with Crippen molar-refractivity contribution in [3.05, 3.63) is 65.2 Å². The molecule has 0 aliphatic heterocycles. The van der Waals surface area contributed by atoms with Gasteiger partial charge in [0.2, 0.25) is 10.0 Å². The second-order valence-corrected chi connectivity index (χ2v) is 9.71. The lowest BCUT2D eigenvalue weighted by Crippen LogP contribution is -2.41. The predicted octanol–water partition coefficient (Wildman–Crippen LogP) is 3.88. The second-order valence-electron chi connectivity index (χ2n) is 8.03. The molecule has 0 heterocycles. The maximum absolute atomic E-state index is 12.8. The Morgan fingerprint density at radius 1 is 1.04 bits per heavy atom. The summed E-state index contributed by atoms with van der Waals surface area (Å²) in [6.45, 7) is 5.60. The molecule has 1 fully saturated rings. The first-order valence-electron chi connectivity index (χ1n) is 9.70. The Morgan fingerprint density at radius 3 is 2.32 bits per heavy atom. The van der Waals surface area contributed by atoms with E-state index in [1.165, 1.54) is 6.07 Å². The Labute approximate surface area is 167 Å². The van der Waals surface area contributed by atoms with Gasteiger partial charge < -0.3 is 5.32 Å². The van der Waals surface area contributed by atoms with E-state index < -0.39 is 15.6 Å². The van der Waals surface area contributed by atoms with Crippen molar-refractivity contribution in [2.45, 2.75) is 62.9 Å². The monoisotopic (exact) mass is 400 g/mol. The molecule has 0 unspecified atom stereocenters. The molecule has 6 heteroatoms. The highest BCUT2D eigenvalue weighted by atomic mass is 32.2. The number of rotatable bonds is 6. The van der Waals surface area contributed by atoms with Crippen LogP contribution in [0.2, 0.25) is 0 Å². The van der Waals surface area contributed by atoms with Crippen molar-refractivity contribution in [3.63, 3.8) is 0 Å². The number of carbonyl (C=O) groups is 1. The van der Waals surface area contributed by atoms with E-state index in [4.69, 9.17) is 0 Å². The summed E-state index contributed by atoms with van der Waals surface area (Å²) in [5.74, 6) is -0.300. The van der Waals surface area contributed by atoms with Crippen LogP contribution in [0.4, 0.5) is 0 Å². The molecule has 2 aromatic carbocycles. The minimum absolute atomic E-state index is 0.0149. The van der Waals surface area contributed by atoms with E-state index in [0.717, 1.165) is 31.2 Å². The molecule has 2 N–H and O–H groups in total. The van der Waals surface area contributed by atoms with Gasteiger partial charge >= 0.3 is 0 Å². The van der Waals surface area contributed by atoms with Crippen LogP contribution < -0.4 is 10.0 Å². The zero-order valence-corrected chi connectivity index (χ0v) is 17.5. The first kappa shape index (κ1) is 20.6. The fraction of sp³-hybridized carbons (Fsp3) is 0.409. The number of hydrogen-bond acceptors (Lipinski definition) is 3. The highest BCUT2D eigenvalue weighted by molar-refractivity contribution is 7.89. The zero-order valence-electron chi connectivity index (χ0n) is 16.7. The third-order valence-electron chi connectivity index (χ3n) is 5.34. The molecule has 0 saturated heterocycles. The molecule has 1 aliphatic rings. The Bertz CT molecular complexity index is 947. The van der Waals surface area contributed by atoms with E-state index in [1.807, 2.05) is 44.2 Å². The fourth-order valence-corrected chi connectivity index (χ4v) is 5.22. The molecular formula is C22H28N2O3S. The quantitative estimate of drug-likeness (QED) is 0.773. The van der Waals surface area contributed by atoms with E-state index >= 15 is 0 Å². The Balaban J connectivity index is 1.83. The fourth-order valence-electron chi connectivity index (χ4n) is 3.64. The predicted molar refractivity (Wildman–Crippen MR) is 111 cm³/mol. The van der Waals surface area contributed by atoms with Gasteiger partial charge in [-0.2, -0.15) is 0 Å². The largest absolute Gasteiger partial charge is 0.343 e. The van der Waals surface area contributed by atoms with Gasteiger partial charge in [0.25, 0.3) is 5.91 Å². The number of nitrogens with one attached hydrogen (secondary N) is 2. The smallest absolute Gasteiger partial charge is 0.251 e. The minimum atomic E-state index is -3.66. The molecule has 150 valence electrons. The maximum Gasteiger partial charge on any atom is 0.251 e. The van der Waals surface area contributed by atoms with Crippen molar-refractivity contribution in [2.75, 3.05) is 0 Å². The lowest BCUT2D eigenvalue weighted by atomic mass is 9.94. The van der Waals surface area contributed by atoms with Crippen molar-refractivity contribution in [1.82, 2.24) is 10.0 Å². The van der Waals surface area contributed by atoms with Gasteiger partial charge in [-0.15, -0.1) is 0 Å². The Kier molecular flexibility index (Phi) is 5.91. The van der Waals surface area contributed by atoms with Crippen molar-refractivity contribution in [1.29, 1.82) is 0 Å². The zero-order chi connectivity index (χ0) is 20.4. The van der Waals surface area contributed by atoms with Crippen LogP contribution in [0.5, 0.6) is 0 Å². The SMILES string of the molecule is Cc1ccc(C(=O)NC(C)(C)c2ccccc2)cc1S(=O)(=O)NC1CCCC1. The summed E-state index contributed by atoms with van der Waals surface area (Å²) in [7, 11) is -3.66. The van der Waals surface area contributed by atoms with Gasteiger partial charge in [-0.1, -0.05) is 49.2 Å². The highest BCUT2D eigenvalue weighted by Crippen LogP contribution is 2.24. The number of hydrogen-bond donors (Lipinski definition) is 2. The second kappa shape index (κ2) is 8.05. The average Bonchev–Trinajstić information content (AvgIpc) is 3.14. The van der Waals surface area contributed by atoms with Crippen LogP contribution in [0.3, 0.4) is 0 Å². The van der Waals surface area contributed by atoms with Crippen molar-refractivity contribution >= 4 is 15.9 Å². The number of sulfonamides is 1. The van der Waals surface area contributed by atoms with E-state index in [9.17, 15) is 13.2 Å². The molecular weight excluding hydrogens is 372 g/mol. The molecule has 1 aliphatic carbocycles. The van der Waals surface area contributed by atoms with Gasteiger partial charge in [0.05, 0.1) is 10.4 Å². The maximum atomic E-state index is 12.8. The van der Waals surface area contributed by atoms with Crippen LogP contribution in [0.1, 0.15) is 61.0 Å². The topological polar surface area (TPSA) is 75.3 Å². The molecule has 0 radical (unpaired) electrons. The van der Waals surface area contributed by atoms with Crippen LogP contribution in [0.25, 0.3) is 0 Å². The van der Waals surface area contributed by atoms with Gasteiger partial charge in [0.1, 0.15) is 0 Å². The number of carbonyl (C=O) groups excluding carboxylic acids is 1. The number of aryl methyl sites for hydroxylation is 1. The van der Waals surface area contributed by atoms with E-state index in [-0.39, 0.29) is 16.8 Å². The van der Waals surface area contributed by atoms with Crippen LogP contribution in [-0.4, -0.2) is 20.4 Å². The van der Waals surface area contributed by atoms with E-state index in [0.29, 0.717) is 11.1 Å². The van der Waals surface area contributed by atoms with E-state index in [2.05, 4.69) is 10.0 Å². The molecule has 0 spiro atoms. The summed E-state index contributed by atoms with van der Waals surface area (Å²) in [6, 6.07) is 14.5. The molecule has 3 rings (SSSR count). The van der Waals surface area contributed by atoms with E-state index in [1.54, 1.807) is 19.1 Å². The van der Waals surface area contributed by atoms with Gasteiger partial charge in [0, 0.05) is 11.6 Å². The summed E-state index contributed by atoms with van der Waals surface area (Å²) in [5, 5.41) is 3.01. The van der Waals surface area contributed by atoms with Crippen LogP contribution >= 0.6 is 0 Å². The third kappa shape index (κ3) is 4.62. The van der Waals surface area contributed by atoms with Gasteiger partial charge in [-0.3, -0.25) is 4.79 Å². The lowest BCUT2D eigenvalue weighted by molar-refractivity contribution is 0.0912. The molecule has 2 aromatic rings.